The van der Waals surface area contributed by atoms with Crippen LogP contribution in [0.4, 0.5) is 4.79 Å². The molecular weight excluding hydrogens is 276 g/mol. The molecule has 116 valence electrons. The van der Waals surface area contributed by atoms with E-state index in [9.17, 15) is 14.7 Å². The Hall–Kier alpha value is -2.09. The van der Waals surface area contributed by atoms with Gasteiger partial charge in [-0.15, -0.1) is 0 Å². The van der Waals surface area contributed by atoms with Crippen molar-refractivity contribution in [2.24, 2.45) is 0 Å². The highest BCUT2D eigenvalue weighted by Crippen LogP contribution is 2.11. The highest BCUT2D eigenvalue weighted by molar-refractivity contribution is 5.82. The molecule has 21 heavy (non-hydrogen) atoms. The van der Waals surface area contributed by atoms with E-state index in [-0.39, 0.29) is 24.7 Å². The molecule has 0 aromatic carbocycles. The predicted octanol–water partition coefficient (Wildman–Crippen LogP) is 0.224. The number of rotatable bonds is 4. The first kappa shape index (κ1) is 15.3. The average Bonchev–Trinajstić information content (AvgIpc) is 2.89. The van der Waals surface area contributed by atoms with Gasteiger partial charge in [-0.25, -0.2) is 14.6 Å². The third kappa shape index (κ3) is 4.19. The number of morpholine rings is 1. The Bertz CT molecular complexity index is 480. The van der Waals surface area contributed by atoms with E-state index in [1.165, 1.54) is 6.33 Å². The zero-order chi connectivity index (χ0) is 15.4. The summed E-state index contributed by atoms with van der Waals surface area (Å²) in [6.07, 6.45) is 3.06. The minimum absolute atomic E-state index is 0.0598. The number of nitrogens with zero attached hydrogens (tertiary/aromatic N) is 2. The SMILES string of the molecule is CC1CN(C(=O)N[C@@H](Cc2cnc[nH]2)C(=O)O)CC(C)O1. The van der Waals surface area contributed by atoms with Gasteiger partial charge in [-0.2, -0.15) is 0 Å². The van der Waals surface area contributed by atoms with Gasteiger partial charge >= 0.3 is 12.0 Å². The van der Waals surface area contributed by atoms with Crippen molar-refractivity contribution in [2.45, 2.75) is 38.5 Å². The quantitative estimate of drug-likeness (QED) is 0.737. The van der Waals surface area contributed by atoms with Crippen LogP contribution in [-0.2, 0) is 16.0 Å². The Kier molecular flexibility index (Phi) is 4.79. The van der Waals surface area contributed by atoms with Crippen LogP contribution in [0, 0.1) is 0 Å². The summed E-state index contributed by atoms with van der Waals surface area (Å²) in [4.78, 5) is 31.7. The normalized spacial score (nSPS) is 23.6. The van der Waals surface area contributed by atoms with Crippen LogP contribution in [0.25, 0.3) is 0 Å². The van der Waals surface area contributed by atoms with Crippen LogP contribution < -0.4 is 5.32 Å². The summed E-state index contributed by atoms with van der Waals surface area (Å²) >= 11 is 0. The summed E-state index contributed by atoms with van der Waals surface area (Å²) < 4.78 is 5.55. The van der Waals surface area contributed by atoms with Crippen LogP contribution in [0.1, 0.15) is 19.5 Å². The largest absolute Gasteiger partial charge is 0.480 e. The maximum absolute atomic E-state index is 12.2. The van der Waals surface area contributed by atoms with Crippen LogP contribution in [0.2, 0.25) is 0 Å². The maximum Gasteiger partial charge on any atom is 0.326 e. The van der Waals surface area contributed by atoms with E-state index >= 15 is 0 Å². The molecule has 3 atom stereocenters. The fraction of sp³-hybridized carbons (Fsp3) is 0.615. The zero-order valence-electron chi connectivity index (χ0n) is 12.1. The maximum atomic E-state index is 12.2. The monoisotopic (exact) mass is 296 g/mol. The smallest absolute Gasteiger partial charge is 0.326 e. The first-order valence-electron chi connectivity index (χ1n) is 6.86. The van der Waals surface area contributed by atoms with Gasteiger partial charge in [-0.3, -0.25) is 0 Å². The number of urea groups is 1. The number of carbonyl (C=O) groups is 2. The number of carboxylic acid groups (broad SMARTS) is 1. The standard InChI is InChI=1S/C13H20N4O4/c1-8-5-17(6-9(2)21-8)13(20)16-11(12(18)19)3-10-4-14-7-15-10/h4,7-9,11H,3,5-6H2,1-2H3,(H,14,15)(H,16,20)(H,18,19)/t8?,9?,11-/m0/s1. The van der Waals surface area contributed by atoms with E-state index in [2.05, 4.69) is 15.3 Å². The fourth-order valence-electron chi connectivity index (χ4n) is 2.40. The van der Waals surface area contributed by atoms with Gasteiger partial charge in [0, 0.05) is 31.4 Å². The van der Waals surface area contributed by atoms with E-state index in [0.29, 0.717) is 18.8 Å². The molecule has 1 aliphatic rings. The second kappa shape index (κ2) is 6.57. The van der Waals surface area contributed by atoms with Crippen LogP contribution in [-0.4, -0.2) is 63.3 Å². The lowest BCUT2D eigenvalue weighted by Gasteiger charge is -2.35. The molecule has 0 bridgehead atoms. The molecule has 0 radical (unpaired) electrons. The number of hydrogen-bond donors (Lipinski definition) is 3. The number of ether oxygens (including phenoxy) is 1. The lowest BCUT2D eigenvalue weighted by atomic mass is 10.1. The second-order valence-corrected chi connectivity index (χ2v) is 5.28. The van der Waals surface area contributed by atoms with E-state index < -0.39 is 12.0 Å². The molecule has 8 heteroatoms. The van der Waals surface area contributed by atoms with Crippen molar-refractivity contribution in [2.75, 3.05) is 13.1 Å². The van der Waals surface area contributed by atoms with Crippen molar-refractivity contribution >= 4 is 12.0 Å². The summed E-state index contributed by atoms with van der Waals surface area (Å²) in [6, 6.07) is -1.38. The molecule has 0 saturated carbocycles. The van der Waals surface area contributed by atoms with Crippen molar-refractivity contribution < 1.29 is 19.4 Å². The number of aliphatic carboxylic acids is 1. The number of hydrogen-bond acceptors (Lipinski definition) is 4. The Balaban J connectivity index is 1.96. The number of aromatic amines is 1. The van der Waals surface area contributed by atoms with E-state index in [4.69, 9.17) is 4.74 Å². The van der Waals surface area contributed by atoms with Crippen LogP contribution in [0.15, 0.2) is 12.5 Å². The molecule has 2 amide bonds. The third-order valence-corrected chi connectivity index (χ3v) is 3.28. The van der Waals surface area contributed by atoms with Gasteiger partial charge in [0.1, 0.15) is 6.04 Å². The zero-order valence-corrected chi connectivity index (χ0v) is 12.1. The van der Waals surface area contributed by atoms with Gasteiger partial charge in [-0.05, 0) is 13.8 Å². The number of H-pyrrole nitrogens is 1. The molecule has 8 nitrogen and oxygen atoms in total. The molecule has 1 aromatic heterocycles. The van der Waals surface area contributed by atoms with E-state index in [0.717, 1.165) is 0 Å². The Labute approximate surface area is 122 Å². The molecule has 1 fully saturated rings. The van der Waals surface area contributed by atoms with Crippen molar-refractivity contribution in [3.05, 3.63) is 18.2 Å². The molecule has 2 rings (SSSR count). The molecule has 1 aromatic rings. The fourth-order valence-corrected chi connectivity index (χ4v) is 2.40. The topological polar surface area (TPSA) is 108 Å². The Morgan fingerprint density at radius 1 is 1.52 bits per heavy atom. The average molecular weight is 296 g/mol. The molecule has 2 unspecified atom stereocenters. The number of amides is 2. The summed E-state index contributed by atoms with van der Waals surface area (Å²) in [6.45, 7) is 4.67. The number of imidazole rings is 1. The van der Waals surface area contributed by atoms with E-state index in [1.54, 1.807) is 11.1 Å². The van der Waals surface area contributed by atoms with Gasteiger partial charge in [0.05, 0.1) is 18.5 Å². The summed E-state index contributed by atoms with van der Waals surface area (Å²) in [5, 5.41) is 11.8. The number of carbonyl (C=O) groups excluding carboxylic acids is 1. The van der Waals surface area contributed by atoms with Crippen LogP contribution >= 0.6 is 0 Å². The predicted molar refractivity (Wildman–Crippen MR) is 73.8 cm³/mol. The first-order chi connectivity index (χ1) is 9.95. The van der Waals surface area contributed by atoms with Crippen molar-refractivity contribution in [1.29, 1.82) is 0 Å². The van der Waals surface area contributed by atoms with Gasteiger partial charge < -0.3 is 25.0 Å². The molecule has 1 aliphatic heterocycles. The highest BCUT2D eigenvalue weighted by Gasteiger charge is 2.29. The summed E-state index contributed by atoms with van der Waals surface area (Å²) in [7, 11) is 0. The second-order valence-electron chi connectivity index (χ2n) is 5.28. The molecule has 0 spiro atoms. The highest BCUT2D eigenvalue weighted by atomic mass is 16.5. The van der Waals surface area contributed by atoms with Crippen LogP contribution in [0.5, 0.6) is 0 Å². The minimum Gasteiger partial charge on any atom is -0.480 e. The minimum atomic E-state index is -1.08. The van der Waals surface area contributed by atoms with Crippen molar-refractivity contribution in [3.63, 3.8) is 0 Å². The lowest BCUT2D eigenvalue weighted by molar-refractivity contribution is -0.139. The van der Waals surface area contributed by atoms with Crippen molar-refractivity contribution in [1.82, 2.24) is 20.2 Å². The first-order valence-corrected chi connectivity index (χ1v) is 6.86. The van der Waals surface area contributed by atoms with Gasteiger partial charge in [0.15, 0.2) is 0 Å². The summed E-state index contributed by atoms with van der Waals surface area (Å²) in [5.41, 5.74) is 0.659. The van der Waals surface area contributed by atoms with Gasteiger partial charge in [0.2, 0.25) is 0 Å². The Morgan fingerprint density at radius 3 is 2.71 bits per heavy atom. The van der Waals surface area contributed by atoms with Gasteiger partial charge in [-0.1, -0.05) is 0 Å². The van der Waals surface area contributed by atoms with Crippen LogP contribution in [0.3, 0.4) is 0 Å². The lowest BCUT2D eigenvalue weighted by Crippen LogP contribution is -2.55. The van der Waals surface area contributed by atoms with Gasteiger partial charge in [0.25, 0.3) is 0 Å². The van der Waals surface area contributed by atoms with E-state index in [1.807, 2.05) is 13.8 Å². The number of carboxylic acids is 1. The Morgan fingerprint density at radius 2 is 2.19 bits per heavy atom. The molecule has 0 aliphatic carbocycles. The summed E-state index contributed by atoms with van der Waals surface area (Å²) in [5.74, 6) is -1.08. The number of aromatic nitrogens is 2. The number of nitrogens with one attached hydrogen (secondary N) is 2. The molecule has 3 N–H and O–H groups in total. The van der Waals surface area contributed by atoms with Crippen molar-refractivity contribution in [3.8, 4) is 0 Å². The molecule has 2 heterocycles. The molecular formula is C13H20N4O4. The third-order valence-electron chi connectivity index (χ3n) is 3.28. The molecule has 1 saturated heterocycles.